The highest BCUT2D eigenvalue weighted by Crippen LogP contribution is 2.40. The molecule has 0 radical (unpaired) electrons. The average Bonchev–Trinajstić information content (AvgIpc) is 3.48. The Morgan fingerprint density at radius 2 is 1.85 bits per heavy atom. The van der Waals surface area contributed by atoms with Crippen molar-refractivity contribution in [3.05, 3.63) is 77.1 Å². The van der Waals surface area contributed by atoms with E-state index >= 15 is 0 Å². The Labute approximate surface area is 196 Å². The third-order valence-electron chi connectivity index (χ3n) is 5.90. The molecule has 1 amide bonds. The molecule has 4 aromatic heterocycles. The second-order valence-corrected chi connectivity index (χ2v) is 10.0. The highest BCUT2D eigenvalue weighted by Gasteiger charge is 2.28. The van der Waals surface area contributed by atoms with Gasteiger partial charge in [0, 0.05) is 19.0 Å². The lowest BCUT2D eigenvalue weighted by atomic mass is 9.93. The Hall–Kier alpha value is -3.37. The van der Waals surface area contributed by atoms with Crippen LogP contribution >= 0.6 is 22.7 Å². The van der Waals surface area contributed by atoms with Crippen LogP contribution in [0.15, 0.2) is 39.2 Å². The molecule has 8 nitrogen and oxygen atoms in total. The molecular formula is C23H20N4O4S2. The number of hydrogen-bond acceptors (Lipinski definition) is 7. The van der Waals surface area contributed by atoms with Gasteiger partial charge in [-0.25, -0.2) is 9.78 Å². The van der Waals surface area contributed by atoms with Crippen LogP contribution in [-0.4, -0.2) is 25.8 Å². The zero-order chi connectivity index (χ0) is 23.3. The van der Waals surface area contributed by atoms with E-state index in [2.05, 4.69) is 10.3 Å². The first kappa shape index (κ1) is 21.5. The van der Waals surface area contributed by atoms with Gasteiger partial charge >= 0.3 is 5.69 Å². The number of anilines is 1. The smallest absolute Gasteiger partial charge is 0.312 e. The molecular weight excluding hydrogens is 460 g/mol. The van der Waals surface area contributed by atoms with E-state index in [1.807, 2.05) is 11.4 Å². The number of nitrogens with zero attached hydrogens (tertiary/aromatic N) is 3. The fraction of sp³-hybridized carbons (Fsp3) is 0.261. The fourth-order valence-electron chi connectivity index (χ4n) is 4.17. The van der Waals surface area contributed by atoms with Crippen molar-refractivity contribution in [1.29, 1.82) is 0 Å². The van der Waals surface area contributed by atoms with Crippen LogP contribution in [0.1, 0.15) is 49.0 Å². The normalized spacial score (nSPS) is 13.2. The minimum Gasteiger partial charge on any atom is -0.312 e. The summed E-state index contributed by atoms with van der Waals surface area (Å²) in [7, 11) is 2.90. The lowest BCUT2D eigenvalue weighted by Crippen LogP contribution is -2.37. The Kier molecular flexibility index (Phi) is 5.34. The molecule has 0 unspecified atom stereocenters. The van der Waals surface area contributed by atoms with E-state index in [4.69, 9.17) is 0 Å². The molecule has 33 heavy (non-hydrogen) atoms. The zero-order valence-electron chi connectivity index (χ0n) is 18.0. The molecule has 0 spiro atoms. The van der Waals surface area contributed by atoms with E-state index in [9.17, 15) is 19.2 Å². The molecule has 0 aliphatic heterocycles. The number of pyridine rings is 1. The highest BCUT2D eigenvalue weighted by molar-refractivity contribution is 7.17. The molecule has 10 heteroatoms. The number of thiophene rings is 2. The first-order chi connectivity index (χ1) is 15.9. The van der Waals surface area contributed by atoms with Crippen molar-refractivity contribution >= 4 is 50.4 Å². The standard InChI is InChI=1S/C23H20N4O4S2/c1-26-19-13(22(30)27(2)23(26)31)9-10-14(24-19)20(29)25-21-17(18(28)16-8-5-11-32-16)12-6-3-4-7-15(12)33-21/h5,8-11H,3-4,6-7H2,1-2H3,(H,25,29). The Morgan fingerprint density at radius 1 is 1.06 bits per heavy atom. The number of aryl methyl sites for hydroxylation is 2. The van der Waals surface area contributed by atoms with Gasteiger partial charge in [-0.1, -0.05) is 6.07 Å². The third kappa shape index (κ3) is 3.55. The lowest BCUT2D eigenvalue weighted by Gasteiger charge is -2.12. The number of amides is 1. The summed E-state index contributed by atoms with van der Waals surface area (Å²) in [6.07, 6.45) is 3.77. The molecule has 0 atom stereocenters. The van der Waals surface area contributed by atoms with Gasteiger partial charge in [-0.2, -0.15) is 0 Å². The van der Waals surface area contributed by atoms with Gasteiger partial charge < -0.3 is 5.32 Å². The van der Waals surface area contributed by atoms with E-state index < -0.39 is 17.2 Å². The molecule has 4 heterocycles. The van der Waals surface area contributed by atoms with Crippen molar-refractivity contribution in [3.63, 3.8) is 0 Å². The minimum atomic E-state index is -0.521. The fourth-order valence-corrected chi connectivity index (χ4v) is 6.12. The van der Waals surface area contributed by atoms with Crippen LogP contribution in [0.3, 0.4) is 0 Å². The largest absolute Gasteiger partial charge is 0.332 e. The summed E-state index contributed by atoms with van der Waals surface area (Å²) in [6, 6.07) is 6.58. The third-order valence-corrected chi connectivity index (χ3v) is 7.98. The lowest BCUT2D eigenvalue weighted by molar-refractivity contribution is 0.102. The van der Waals surface area contributed by atoms with E-state index in [1.165, 1.54) is 53.5 Å². The second kappa shape index (κ2) is 8.20. The maximum absolute atomic E-state index is 13.3. The van der Waals surface area contributed by atoms with Crippen LogP contribution in [-0.2, 0) is 26.9 Å². The van der Waals surface area contributed by atoms with Gasteiger partial charge in [0.1, 0.15) is 16.3 Å². The topological polar surface area (TPSA) is 103 Å². The highest BCUT2D eigenvalue weighted by atomic mass is 32.1. The van der Waals surface area contributed by atoms with Crippen LogP contribution in [0, 0.1) is 0 Å². The van der Waals surface area contributed by atoms with Crippen LogP contribution in [0.25, 0.3) is 11.0 Å². The minimum absolute atomic E-state index is 0.0617. The SMILES string of the molecule is Cn1c(=O)c2ccc(C(=O)Nc3sc4c(c3C(=O)c3cccs3)CCCC4)nc2n(C)c1=O. The summed E-state index contributed by atoms with van der Waals surface area (Å²) in [5, 5.41) is 5.51. The summed E-state index contributed by atoms with van der Waals surface area (Å²) in [5.41, 5.74) is 0.794. The zero-order valence-corrected chi connectivity index (χ0v) is 19.6. The molecule has 4 aromatic rings. The van der Waals surface area contributed by atoms with Gasteiger partial charge in [0.15, 0.2) is 0 Å². The van der Waals surface area contributed by atoms with Crippen LogP contribution < -0.4 is 16.6 Å². The van der Waals surface area contributed by atoms with Gasteiger partial charge in [0.25, 0.3) is 11.5 Å². The first-order valence-corrected chi connectivity index (χ1v) is 12.2. The molecule has 1 aliphatic rings. The molecule has 5 rings (SSSR count). The predicted octanol–water partition coefficient (Wildman–Crippen LogP) is 3.12. The number of hydrogen-bond donors (Lipinski definition) is 1. The quantitative estimate of drug-likeness (QED) is 0.452. The number of fused-ring (bicyclic) bond motifs is 2. The van der Waals surface area contributed by atoms with Crippen LogP contribution in [0.5, 0.6) is 0 Å². The first-order valence-electron chi connectivity index (χ1n) is 10.5. The van der Waals surface area contributed by atoms with Crippen molar-refractivity contribution in [2.24, 2.45) is 14.1 Å². The van der Waals surface area contributed by atoms with E-state index in [0.29, 0.717) is 15.4 Å². The molecule has 0 fully saturated rings. The Morgan fingerprint density at radius 3 is 2.61 bits per heavy atom. The van der Waals surface area contributed by atoms with Crippen LogP contribution in [0.2, 0.25) is 0 Å². The van der Waals surface area contributed by atoms with E-state index in [1.54, 1.807) is 6.07 Å². The molecule has 1 N–H and O–H groups in total. The van der Waals surface area contributed by atoms with Crippen molar-refractivity contribution in [2.75, 3.05) is 5.32 Å². The molecule has 0 saturated carbocycles. The van der Waals surface area contributed by atoms with Crippen molar-refractivity contribution in [2.45, 2.75) is 25.7 Å². The van der Waals surface area contributed by atoms with Crippen molar-refractivity contribution < 1.29 is 9.59 Å². The molecule has 0 saturated heterocycles. The molecule has 0 aromatic carbocycles. The number of carbonyl (C=O) groups excluding carboxylic acids is 2. The van der Waals surface area contributed by atoms with Gasteiger partial charge in [-0.05, 0) is 54.8 Å². The van der Waals surface area contributed by atoms with Crippen molar-refractivity contribution in [1.82, 2.24) is 14.1 Å². The maximum Gasteiger partial charge on any atom is 0.332 e. The number of carbonyl (C=O) groups is 2. The number of nitrogens with one attached hydrogen (secondary N) is 1. The van der Waals surface area contributed by atoms with E-state index in [0.717, 1.165) is 40.7 Å². The summed E-state index contributed by atoms with van der Waals surface area (Å²) >= 11 is 2.82. The molecule has 1 aliphatic carbocycles. The Balaban J connectivity index is 1.56. The summed E-state index contributed by atoms with van der Waals surface area (Å²) < 4.78 is 2.24. The van der Waals surface area contributed by atoms with Gasteiger partial charge in [0.2, 0.25) is 5.78 Å². The number of rotatable bonds is 4. The number of ketones is 1. The van der Waals surface area contributed by atoms with Crippen molar-refractivity contribution in [3.8, 4) is 0 Å². The monoisotopic (exact) mass is 480 g/mol. The van der Waals surface area contributed by atoms with Gasteiger partial charge in [-0.15, -0.1) is 22.7 Å². The second-order valence-electron chi connectivity index (χ2n) is 7.95. The Bertz CT molecular complexity index is 1540. The van der Waals surface area contributed by atoms with Crippen LogP contribution in [0.4, 0.5) is 5.00 Å². The van der Waals surface area contributed by atoms with E-state index in [-0.39, 0.29) is 22.5 Å². The molecule has 168 valence electrons. The van der Waals surface area contributed by atoms with Gasteiger partial charge in [-0.3, -0.25) is 23.5 Å². The number of aromatic nitrogens is 3. The van der Waals surface area contributed by atoms with Gasteiger partial charge in [0.05, 0.1) is 15.8 Å². The maximum atomic E-state index is 13.3. The molecule has 0 bridgehead atoms. The predicted molar refractivity (Wildman–Crippen MR) is 129 cm³/mol. The summed E-state index contributed by atoms with van der Waals surface area (Å²) in [5.74, 6) is -0.582. The summed E-state index contributed by atoms with van der Waals surface area (Å²) in [6.45, 7) is 0. The summed E-state index contributed by atoms with van der Waals surface area (Å²) in [4.78, 5) is 57.1. The average molecular weight is 481 g/mol.